The van der Waals surface area contributed by atoms with Crippen molar-refractivity contribution in [1.82, 2.24) is 4.31 Å². The van der Waals surface area contributed by atoms with Crippen LogP contribution in [0, 0.1) is 11.7 Å². The largest absolute Gasteiger partial charge is 0.329 e. The molecule has 0 amide bonds. The van der Waals surface area contributed by atoms with Crippen LogP contribution < -0.4 is 5.73 Å². The smallest absolute Gasteiger partial charge is 0.244 e. The van der Waals surface area contributed by atoms with Crippen molar-refractivity contribution in [2.75, 3.05) is 13.1 Å². The molecule has 21 heavy (non-hydrogen) atoms. The number of nitrogens with zero attached hydrogens (tertiary/aromatic N) is 1. The van der Waals surface area contributed by atoms with Crippen LogP contribution in [0.15, 0.2) is 27.6 Å². The van der Waals surface area contributed by atoms with E-state index in [1.54, 1.807) is 0 Å². The molecule has 0 aromatic heterocycles. The quantitative estimate of drug-likeness (QED) is 0.847. The zero-order chi connectivity index (χ0) is 14.9. The van der Waals surface area contributed by atoms with Crippen molar-refractivity contribution >= 4 is 38.4 Å². The van der Waals surface area contributed by atoms with E-state index in [4.69, 9.17) is 5.73 Å². The Morgan fingerprint density at radius 3 is 2.71 bits per heavy atom. The Bertz CT molecular complexity index is 600. The molecule has 8 heteroatoms. The fourth-order valence-electron chi connectivity index (χ4n) is 2.67. The molecule has 1 saturated heterocycles. The minimum Gasteiger partial charge on any atom is -0.329 e. The van der Waals surface area contributed by atoms with Gasteiger partial charge in [0.25, 0.3) is 0 Å². The fraction of sp³-hybridized carbons (Fsp3) is 0.538. The Kier molecular flexibility index (Phi) is 6.61. The van der Waals surface area contributed by atoms with Gasteiger partial charge in [-0.15, -0.1) is 12.4 Å². The molecule has 1 aromatic carbocycles. The molecule has 1 heterocycles. The van der Waals surface area contributed by atoms with Gasteiger partial charge in [-0.25, -0.2) is 12.8 Å². The topological polar surface area (TPSA) is 63.4 Å². The third-order valence-electron chi connectivity index (χ3n) is 3.79. The second-order valence-corrected chi connectivity index (χ2v) is 7.83. The first-order chi connectivity index (χ1) is 9.37. The van der Waals surface area contributed by atoms with Gasteiger partial charge in [-0.3, -0.25) is 0 Å². The van der Waals surface area contributed by atoms with Gasteiger partial charge >= 0.3 is 0 Å². The molecule has 120 valence electrons. The summed E-state index contributed by atoms with van der Waals surface area (Å²) in [4.78, 5) is 0.0893. The molecule has 1 aromatic rings. The number of hydrogen-bond donors (Lipinski definition) is 1. The second kappa shape index (κ2) is 7.37. The van der Waals surface area contributed by atoms with Gasteiger partial charge in [0.05, 0.1) is 4.90 Å². The minimum absolute atomic E-state index is 0. The second-order valence-electron chi connectivity index (χ2n) is 5.11. The van der Waals surface area contributed by atoms with Gasteiger partial charge in [-0.2, -0.15) is 4.31 Å². The molecule has 0 saturated carbocycles. The third-order valence-corrected chi connectivity index (χ3v) is 6.69. The highest BCUT2D eigenvalue weighted by atomic mass is 79.9. The first-order valence-electron chi connectivity index (χ1n) is 6.55. The van der Waals surface area contributed by atoms with Crippen LogP contribution in [0.1, 0.15) is 19.8 Å². The summed E-state index contributed by atoms with van der Waals surface area (Å²) in [7, 11) is -3.66. The molecule has 1 aliphatic rings. The maximum absolute atomic E-state index is 13.1. The molecule has 0 radical (unpaired) electrons. The molecule has 4 nitrogen and oxygen atoms in total. The number of sulfonamides is 1. The average Bonchev–Trinajstić information content (AvgIpc) is 2.37. The molecular formula is C13H19BrClFN2O2S. The van der Waals surface area contributed by atoms with Crippen LogP contribution in [-0.4, -0.2) is 31.9 Å². The molecule has 1 fully saturated rings. The summed E-state index contributed by atoms with van der Waals surface area (Å²) in [5, 5.41) is 0. The lowest BCUT2D eigenvalue weighted by atomic mass is 9.93. The summed E-state index contributed by atoms with van der Waals surface area (Å²) >= 11 is 3.13. The van der Waals surface area contributed by atoms with Crippen molar-refractivity contribution in [1.29, 1.82) is 0 Å². The summed E-state index contributed by atoms with van der Waals surface area (Å²) in [5.74, 6) is -0.249. The lowest BCUT2D eigenvalue weighted by molar-refractivity contribution is 0.192. The molecule has 0 spiro atoms. The van der Waals surface area contributed by atoms with Crippen molar-refractivity contribution in [3.05, 3.63) is 28.5 Å². The molecule has 2 unspecified atom stereocenters. The van der Waals surface area contributed by atoms with Crippen LogP contribution in [0.2, 0.25) is 0 Å². The monoisotopic (exact) mass is 400 g/mol. The van der Waals surface area contributed by atoms with E-state index >= 15 is 0 Å². The third kappa shape index (κ3) is 3.76. The SMILES string of the molecule is CC1CCCN(S(=O)(=O)c2ccc(F)cc2Br)C1CN.Cl. The Morgan fingerprint density at radius 2 is 2.14 bits per heavy atom. The number of hydrogen-bond acceptors (Lipinski definition) is 3. The molecule has 1 aliphatic heterocycles. The number of nitrogens with two attached hydrogens (primary N) is 1. The van der Waals surface area contributed by atoms with E-state index in [0.29, 0.717) is 13.1 Å². The summed E-state index contributed by atoms with van der Waals surface area (Å²) in [6.45, 7) is 2.76. The van der Waals surface area contributed by atoms with Gasteiger partial charge in [0, 0.05) is 23.6 Å². The molecule has 2 rings (SSSR count). The predicted molar refractivity (Wildman–Crippen MR) is 86.5 cm³/mol. The zero-order valence-electron chi connectivity index (χ0n) is 11.6. The lowest BCUT2D eigenvalue weighted by Crippen LogP contribution is -2.51. The average molecular weight is 402 g/mol. The van der Waals surface area contributed by atoms with E-state index in [9.17, 15) is 12.8 Å². The summed E-state index contributed by atoms with van der Waals surface area (Å²) < 4.78 is 40.3. The van der Waals surface area contributed by atoms with Crippen LogP contribution >= 0.6 is 28.3 Å². The highest BCUT2D eigenvalue weighted by Crippen LogP contribution is 2.32. The Hall–Kier alpha value is -0.210. The summed E-state index contributed by atoms with van der Waals surface area (Å²) in [6.07, 6.45) is 1.79. The van der Waals surface area contributed by atoms with Gasteiger partial charge in [0.2, 0.25) is 10.0 Å². The molecule has 2 atom stereocenters. The number of halogens is 3. The van der Waals surface area contributed by atoms with Gasteiger partial charge in [-0.05, 0) is 52.9 Å². The zero-order valence-corrected chi connectivity index (χ0v) is 14.8. The normalized spacial score (nSPS) is 23.6. The van der Waals surface area contributed by atoms with Crippen molar-refractivity contribution in [2.45, 2.75) is 30.7 Å². The first-order valence-corrected chi connectivity index (χ1v) is 8.78. The summed E-state index contributed by atoms with van der Waals surface area (Å²) in [6, 6.07) is 3.41. The maximum atomic E-state index is 13.1. The van der Waals surface area contributed by atoms with Gasteiger partial charge in [0.1, 0.15) is 5.82 Å². The van der Waals surface area contributed by atoms with Crippen LogP contribution in [0.4, 0.5) is 4.39 Å². The Balaban J connectivity index is 0.00000220. The Morgan fingerprint density at radius 1 is 1.48 bits per heavy atom. The lowest BCUT2D eigenvalue weighted by Gasteiger charge is -2.38. The van der Waals surface area contributed by atoms with Gasteiger partial charge in [0.15, 0.2) is 0 Å². The van der Waals surface area contributed by atoms with E-state index in [2.05, 4.69) is 15.9 Å². The predicted octanol–water partition coefficient (Wildman–Crippen LogP) is 2.76. The fourth-order valence-corrected chi connectivity index (χ4v) is 5.45. The van der Waals surface area contributed by atoms with E-state index in [0.717, 1.165) is 25.0 Å². The number of rotatable bonds is 3. The number of piperidine rings is 1. The molecule has 0 bridgehead atoms. The maximum Gasteiger partial charge on any atom is 0.244 e. The van der Waals surface area contributed by atoms with Crippen LogP contribution in [-0.2, 0) is 10.0 Å². The summed E-state index contributed by atoms with van der Waals surface area (Å²) in [5.41, 5.74) is 5.74. The highest BCUT2D eigenvalue weighted by molar-refractivity contribution is 9.10. The van der Waals surface area contributed by atoms with E-state index in [1.165, 1.54) is 10.4 Å². The van der Waals surface area contributed by atoms with Crippen molar-refractivity contribution in [3.63, 3.8) is 0 Å². The van der Waals surface area contributed by atoms with Crippen LogP contribution in [0.3, 0.4) is 0 Å². The van der Waals surface area contributed by atoms with Gasteiger partial charge in [-0.1, -0.05) is 6.92 Å². The van der Waals surface area contributed by atoms with Crippen molar-refractivity contribution < 1.29 is 12.8 Å². The molecular weight excluding hydrogens is 383 g/mol. The number of benzene rings is 1. The standard InChI is InChI=1S/C13H18BrFN2O2S.ClH/c1-9-3-2-6-17(12(9)8-16)20(18,19)13-5-4-10(15)7-11(13)14;/h4-5,7,9,12H,2-3,6,8,16H2,1H3;1H. The van der Waals surface area contributed by atoms with E-state index in [1.807, 2.05) is 6.92 Å². The highest BCUT2D eigenvalue weighted by Gasteiger charge is 2.37. The van der Waals surface area contributed by atoms with Crippen molar-refractivity contribution in [2.24, 2.45) is 11.7 Å². The molecule has 2 N–H and O–H groups in total. The van der Waals surface area contributed by atoms with E-state index in [-0.39, 0.29) is 33.7 Å². The van der Waals surface area contributed by atoms with Crippen LogP contribution in [0.25, 0.3) is 0 Å². The molecule has 0 aliphatic carbocycles. The van der Waals surface area contributed by atoms with Gasteiger partial charge < -0.3 is 5.73 Å². The van der Waals surface area contributed by atoms with Crippen molar-refractivity contribution in [3.8, 4) is 0 Å². The minimum atomic E-state index is -3.66. The van der Waals surface area contributed by atoms with E-state index < -0.39 is 15.8 Å². The Labute approximate surface area is 139 Å². The van der Waals surface area contributed by atoms with Crippen LogP contribution in [0.5, 0.6) is 0 Å². The first kappa shape index (κ1) is 18.8.